The van der Waals surface area contributed by atoms with Crippen molar-refractivity contribution in [3.05, 3.63) is 28.2 Å². The molecule has 0 spiro atoms. The number of aromatic nitrogens is 4. The van der Waals surface area contributed by atoms with Gasteiger partial charge in [-0.05, 0) is 32.4 Å². The number of hydrogen-bond donors (Lipinski definition) is 2. The maximum Gasteiger partial charge on any atom is 0.296 e. The first-order chi connectivity index (χ1) is 9.02. The van der Waals surface area contributed by atoms with Gasteiger partial charge in [-0.2, -0.15) is 4.52 Å². The summed E-state index contributed by atoms with van der Waals surface area (Å²) >= 11 is 0. The second kappa shape index (κ2) is 5.31. The van der Waals surface area contributed by atoms with Crippen LogP contribution in [-0.2, 0) is 0 Å². The average molecular weight is 263 g/mol. The molecule has 0 fully saturated rings. The molecule has 2 aromatic heterocycles. The molecule has 0 aliphatic rings. The minimum Gasteiger partial charge on any atom is -0.391 e. The number of nitrogens with one attached hydrogen (secondary N) is 1. The van der Waals surface area contributed by atoms with Crippen molar-refractivity contribution in [1.29, 1.82) is 0 Å². The van der Waals surface area contributed by atoms with Gasteiger partial charge in [0.2, 0.25) is 0 Å². The molecule has 19 heavy (non-hydrogen) atoms. The highest BCUT2D eigenvalue weighted by Crippen LogP contribution is 2.09. The summed E-state index contributed by atoms with van der Waals surface area (Å²) in [7, 11) is 0. The lowest BCUT2D eigenvalue weighted by molar-refractivity contribution is 0.169. The number of aryl methyl sites for hydroxylation is 1. The maximum absolute atomic E-state index is 11.9. The molecule has 0 saturated carbocycles. The number of nitrogens with zero attached hydrogens (tertiary/aromatic N) is 4. The van der Waals surface area contributed by atoms with E-state index < -0.39 is 6.10 Å². The van der Waals surface area contributed by atoms with Crippen molar-refractivity contribution in [2.45, 2.75) is 39.3 Å². The van der Waals surface area contributed by atoms with E-state index in [0.717, 1.165) is 6.42 Å². The first-order valence-electron chi connectivity index (χ1n) is 6.21. The molecule has 2 rings (SSSR count). The van der Waals surface area contributed by atoms with Crippen molar-refractivity contribution >= 4 is 11.5 Å². The zero-order chi connectivity index (χ0) is 14.0. The van der Waals surface area contributed by atoms with E-state index in [1.807, 2.05) is 6.92 Å². The molecule has 0 saturated heterocycles. The van der Waals surface area contributed by atoms with Crippen LogP contribution >= 0.6 is 0 Å². The fourth-order valence-corrected chi connectivity index (χ4v) is 1.79. The third kappa shape index (κ3) is 2.70. The Morgan fingerprint density at radius 1 is 1.42 bits per heavy atom. The summed E-state index contributed by atoms with van der Waals surface area (Å²) in [4.78, 5) is 11.9. The van der Waals surface area contributed by atoms with Gasteiger partial charge in [-0.15, -0.1) is 15.3 Å². The molecule has 0 radical (unpaired) electrons. The van der Waals surface area contributed by atoms with E-state index in [1.165, 1.54) is 4.52 Å². The van der Waals surface area contributed by atoms with Crippen LogP contribution in [0.2, 0.25) is 0 Å². The van der Waals surface area contributed by atoms with Crippen molar-refractivity contribution in [2.24, 2.45) is 0 Å². The summed E-state index contributed by atoms with van der Waals surface area (Å²) in [6.45, 7) is 5.27. The Hall–Kier alpha value is -2.02. The highest BCUT2D eigenvalue weighted by molar-refractivity contribution is 5.43. The van der Waals surface area contributed by atoms with E-state index in [2.05, 4.69) is 20.6 Å². The van der Waals surface area contributed by atoms with Crippen LogP contribution in [0, 0.1) is 6.92 Å². The monoisotopic (exact) mass is 263 g/mol. The number of anilines is 1. The fourth-order valence-electron chi connectivity index (χ4n) is 1.79. The zero-order valence-electron chi connectivity index (χ0n) is 11.2. The molecule has 2 aromatic rings. The first-order valence-corrected chi connectivity index (χ1v) is 6.21. The predicted octanol–water partition coefficient (Wildman–Crippen LogP) is 0.364. The van der Waals surface area contributed by atoms with Crippen molar-refractivity contribution in [3.8, 4) is 0 Å². The van der Waals surface area contributed by atoms with Gasteiger partial charge in [0.15, 0.2) is 5.65 Å². The molecule has 0 aliphatic carbocycles. The highest BCUT2D eigenvalue weighted by atomic mass is 16.3. The van der Waals surface area contributed by atoms with Gasteiger partial charge in [0.25, 0.3) is 5.56 Å². The van der Waals surface area contributed by atoms with Gasteiger partial charge in [-0.25, -0.2) is 0 Å². The molecule has 7 nitrogen and oxygen atoms in total. The topological polar surface area (TPSA) is 92.4 Å². The van der Waals surface area contributed by atoms with Crippen molar-refractivity contribution in [1.82, 2.24) is 19.8 Å². The van der Waals surface area contributed by atoms with Gasteiger partial charge in [-0.3, -0.25) is 4.79 Å². The number of aliphatic hydroxyl groups excluding tert-OH is 1. The van der Waals surface area contributed by atoms with Gasteiger partial charge >= 0.3 is 0 Å². The summed E-state index contributed by atoms with van der Waals surface area (Å²) < 4.78 is 1.21. The largest absolute Gasteiger partial charge is 0.391 e. The zero-order valence-corrected chi connectivity index (χ0v) is 11.2. The average Bonchev–Trinajstić information content (AvgIpc) is 2.40. The van der Waals surface area contributed by atoms with Gasteiger partial charge in [-0.1, -0.05) is 6.92 Å². The minimum absolute atomic E-state index is 0.114. The number of hydrogen-bond acceptors (Lipinski definition) is 6. The molecule has 2 N–H and O–H groups in total. The minimum atomic E-state index is -0.503. The van der Waals surface area contributed by atoms with Crippen LogP contribution in [0.3, 0.4) is 0 Å². The van der Waals surface area contributed by atoms with Crippen molar-refractivity contribution < 1.29 is 5.11 Å². The van der Waals surface area contributed by atoms with Crippen molar-refractivity contribution in [3.63, 3.8) is 0 Å². The molecule has 7 heteroatoms. The molecular formula is C12H17N5O2. The summed E-state index contributed by atoms with van der Waals surface area (Å²) in [5.41, 5.74) is 0.398. The molecule has 0 aromatic carbocycles. The standard InChI is InChI=1S/C12H17N5O2/c1-4-9(8(3)18)13-10-5-6-11-15-14-7(2)12(19)17(11)16-10/h5-6,8-9,18H,4H2,1-3H3,(H,13,16). The number of fused-ring (bicyclic) bond motifs is 1. The fraction of sp³-hybridized carbons (Fsp3) is 0.500. The lowest BCUT2D eigenvalue weighted by Gasteiger charge is -2.20. The predicted molar refractivity (Wildman–Crippen MR) is 71.2 cm³/mol. The lowest BCUT2D eigenvalue weighted by Crippen LogP contribution is -2.31. The smallest absolute Gasteiger partial charge is 0.296 e. The van der Waals surface area contributed by atoms with E-state index in [-0.39, 0.29) is 11.6 Å². The van der Waals surface area contributed by atoms with Gasteiger partial charge in [0, 0.05) is 0 Å². The quantitative estimate of drug-likeness (QED) is 0.827. The van der Waals surface area contributed by atoms with Crippen LogP contribution in [0.4, 0.5) is 5.82 Å². The second-order valence-corrected chi connectivity index (χ2v) is 4.48. The Morgan fingerprint density at radius 2 is 2.16 bits per heavy atom. The molecule has 0 amide bonds. The molecule has 2 heterocycles. The van der Waals surface area contributed by atoms with Crippen molar-refractivity contribution in [2.75, 3.05) is 5.32 Å². The van der Waals surface area contributed by atoms with E-state index in [4.69, 9.17) is 0 Å². The Labute approximate surface area is 110 Å². The molecule has 2 atom stereocenters. The van der Waals surface area contributed by atoms with E-state index in [9.17, 15) is 9.90 Å². The summed E-state index contributed by atoms with van der Waals surface area (Å²) in [6, 6.07) is 3.26. The molecule has 0 aliphatic heterocycles. The molecule has 102 valence electrons. The maximum atomic E-state index is 11.9. The summed E-state index contributed by atoms with van der Waals surface area (Å²) in [6.07, 6.45) is 0.247. The van der Waals surface area contributed by atoms with E-state index in [0.29, 0.717) is 17.2 Å². The molecule has 2 unspecified atom stereocenters. The normalized spacial score (nSPS) is 14.3. The van der Waals surface area contributed by atoms with Crippen LogP contribution in [0.1, 0.15) is 26.0 Å². The van der Waals surface area contributed by atoms with Crippen LogP contribution in [0.5, 0.6) is 0 Å². The Kier molecular flexibility index (Phi) is 3.75. The first kappa shape index (κ1) is 13.4. The Bertz CT molecular complexity index is 638. The summed E-state index contributed by atoms with van der Waals surface area (Å²) in [5.74, 6) is 0.523. The molecule has 0 bridgehead atoms. The van der Waals surface area contributed by atoms with Crippen LogP contribution in [0.25, 0.3) is 5.65 Å². The Morgan fingerprint density at radius 3 is 2.79 bits per heavy atom. The third-order valence-corrected chi connectivity index (χ3v) is 2.97. The van der Waals surface area contributed by atoms with Crippen LogP contribution < -0.4 is 10.9 Å². The summed E-state index contributed by atoms with van der Waals surface area (Å²) in [5, 5.41) is 24.5. The lowest BCUT2D eigenvalue weighted by atomic mass is 10.1. The van der Waals surface area contributed by atoms with E-state index in [1.54, 1.807) is 26.0 Å². The Balaban J connectivity index is 2.41. The highest BCUT2D eigenvalue weighted by Gasteiger charge is 2.13. The number of aliphatic hydroxyl groups is 1. The van der Waals surface area contributed by atoms with Gasteiger partial charge in [0.1, 0.15) is 11.5 Å². The van der Waals surface area contributed by atoms with Crippen LogP contribution in [0.15, 0.2) is 16.9 Å². The third-order valence-electron chi connectivity index (χ3n) is 2.97. The SMILES string of the molecule is CCC(Nc1ccc2nnc(C)c(=O)n2n1)C(C)O. The second-order valence-electron chi connectivity index (χ2n) is 4.48. The van der Waals surface area contributed by atoms with E-state index >= 15 is 0 Å². The van der Waals surface area contributed by atoms with Crippen LogP contribution in [-0.4, -0.2) is 37.1 Å². The number of rotatable bonds is 4. The van der Waals surface area contributed by atoms with Gasteiger partial charge < -0.3 is 10.4 Å². The molecular weight excluding hydrogens is 246 g/mol. The van der Waals surface area contributed by atoms with Gasteiger partial charge in [0.05, 0.1) is 12.1 Å².